The van der Waals surface area contributed by atoms with Gasteiger partial charge >= 0.3 is 0 Å². The van der Waals surface area contributed by atoms with Gasteiger partial charge in [-0.1, -0.05) is 51.1 Å². The number of aldehydes is 1. The van der Waals surface area contributed by atoms with E-state index in [2.05, 4.69) is 10.6 Å². The van der Waals surface area contributed by atoms with Crippen molar-refractivity contribution in [3.8, 4) is 0 Å². The van der Waals surface area contributed by atoms with E-state index in [1.807, 2.05) is 56.0 Å². The van der Waals surface area contributed by atoms with Gasteiger partial charge in [-0.2, -0.15) is 0 Å². The van der Waals surface area contributed by atoms with E-state index in [0.717, 1.165) is 24.7 Å². The van der Waals surface area contributed by atoms with Crippen molar-refractivity contribution in [3.05, 3.63) is 35.9 Å². The van der Waals surface area contributed by atoms with Gasteiger partial charge < -0.3 is 25.2 Å². The smallest absolute Gasteiger partial charge is 0.246 e. The number of nitrogens with one attached hydrogen (secondary N) is 2. The Morgan fingerprint density at radius 1 is 1.21 bits per heavy atom. The van der Waals surface area contributed by atoms with Gasteiger partial charge in [0.2, 0.25) is 17.7 Å². The minimum atomic E-state index is -0.655. The van der Waals surface area contributed by atoms with E-state index in [-0.39, 0.29) is 43.1 Å². The zero-order chi connectivity index (χ0) is 25.1. The van der Waals surface area contributed by atoms with Crippen molar-refractivity contribution in [3.63, 3.8) is 0 Å². The molecule has 2 rings (SSSR count). The highest BCUT2D eigenvalue weighted by Crippen LogP contribution is 2.26. The summed E-state index contributed by atoms with van der Waals surface area (Å²) < 4.78 is 0. The van der Waals surface area contributed by atoms with E-state index in [4.69, 9.17) is 0 Å². The van der Waals surface area contributed by atoms with Gasteiger partial charge in [0.05, 0.1) is 6.54 Å². The number of amides is 3. The first kappa shape index (κ1) is 27.5. The summed E-state index contributed by atoms with van der Waals surface area (Å²) in [6, 6.07) is 9.19. The summed E-state index contributed by atoms with van der Waals surface area (Å²) in [5.74, 6) is -0.403. The molecular formula is C26H40N4O4. The van der Waals surface area contributed by atoms with E-state index < -0.39 is 11.5 Å². The number of carbonyl (C=O) groups is 4. The largest absolute Gasteiger partial charge is 0.343 e. The van der Waals surface area contributed by atoms with Gasteiger partial charge in [0.25, 0.3) is 0 Å². The summed E-state index contributed by atoms with van der Waals surface area (Å²) in [5.41, 5.74) is 0.676. The third-order valence-corrected chi connectivity index (χ3v) is 6.19. The SMILES string of the molecule is CNCC(=O)NC(C(=O)N1CCCC1CN(CCc1ccccc1)C(=O)CCC=O)C(C)(C)C. The zero-order valence-electron chi connectivity index (χ0n) is 21.0. The molecule has 1 aliphatic heterocycles. The molecule has 2 unspecified atom stereocenters. The van der Waals surface area contributed by atoms with Crippen LogP contribution in [0.2, 0.25) is 0 Å². The second-order valence-corrected chi connectivity index (χ2v) is 10.0. The molecule has 188 valence electrons. The summed E-state index contributed by atoms with van der Waals surface area (Å²) in [6.07, 6.45) is 3.49. The van der Waals surface area contributed by atoms with Crippen LogP contribution in [0.4, 0.5) is 0 Å². The quantitative estimate of drug-likeness (QED) is 0.452. The molecule has 0 aromatic heterocycles. The van der Waals surface area contributed by atoms with Crippen LogP contribution in [0.5, 0.6) is 0 Å². The Morgan fingerprint density at radius 2 is 1.91 bits per heavy atom. The van der Waals surface area contributed by atoms with Crippen molar-refractivity contribution in [2.75, 3.05) is 33.2 Å². The highest BCUT2D eigenvalue weighted by Gasteiger charge is 2.40. The van der Waals surface area contributed by atoms with Crippen LogP contribution in [-0.4, -0.2) is 79.1 Å². The van der Waals surface area contributed by atoms with Crippen LogP contribution in [-0.2, 0) is 25.6 Å². The molecule has 1 fully saturated rings. The zero-order valence-corrected chi connectivity index (χ0v) is 21.0. The van der Waals surface area contributed by atoms with Crippen molar-refractivity contribution in [1.82, 2.24) is 20.4 Å². The summed E-state index contributed by atoms with van der Waals surface area (Å²) in [6.45, 7) is 7.52. The van der Waals surface area contributed by atoms with Gasteiger partial charge in [-0.15, -0.1) is 0 Å². The lowest BCUT2D eigenvalue weighted by molar-refractivity contribution is -0.141. The first-order chi connectivity index (χ1) is 16.2. The number of hydrogen-bond donors (Lipinski definition) is 2. The lowest BCUT2D eigenvalue weighted by Crippen LogP contribution is -2.58. The van der Waals surface area contributed by atoms with Gasteiger partial charge in [0, 0.05) is 38.5 Å². The summed E-state index contributed by atoms with van der Waals surface area (Å²) in [4.78, 5) is 53.2. The average molecular weight is 473 g/mol. The fourth-order valence-corrected chi connectivity index (χ4v) is 4.32. The highest BCUT2D eigenvalue weighted by molar-refractivity contribution is 5.89. The molecule has 34 heavy (non-hydrogen) atoms. The Balaban J connectivity index is 2.15. The number of rotatable bonds is 12. The Labute approximate surface area is 203 Å². The van der Waals surface area contributed by atoms with E-state index in [1.165, 1.54) is 0 Å². The van der Waals surface area contributed by atoms with Crippen LogP contribution in [0.15, 0.2) is 30.3 Å². The Kier molecular flexibility index (Phi) is 10.7. The molecule has 3 amide bonds. The normalized spacial score (nSPS) is 16.7. The highest BCUT2D eigenvalue weighted by atomic mass is 16.2. The fraction of sp³-hybridized carbons (Fsp3) is 0.615. The van der Waals surface area contributed by atoms with Gasteiger partial charge in [-0.05, 0) is 37.3 Å². The lowest BCUT2D eigenvalue weighted by atomic mass is 9.85. The molecule has 0 bridgehead atoms. The lowest BCUT2D eigenvalue weighted by Gasteiger charge is -2.37. The monoisotopic (exact) mass is 472 g/mol. The van der Waals surface area contributed by atoms with E-state index >= 15 is 0 Å². The molecule has 1 aromatic carbocycles. The number of likely N-dealkylation sites (N-methyl/N-ethyl adjacent to an activating group) is 1. The van der Waals surface area contributed by atoms with Crippen LogP contribution in [0.1, 0.15) is 52.0 Å². The molecule has 0 saturated carbocycles. The van der Waals surface area contributed by atoms with Crippen molar-refractivity contribution in [2.45, 2.75) is 65.0 Å². The molecule has 1 aliphatic rings. The van der Waals surface area contributed by atoms with Gasteiger partial charge in [0.1, 0.15) is 12.3 Å². The van der Waals surface area contributed by atoms with Gasteiger partial charge in [-0.25, -0.2) is 0 Å². The van der Waals surface area contributed by atoms with Crippen molar-refractivity contribution in [1.29, 1.82) is 0 Å². The molecule has 2 N–H and O–H groups in total. The Hall–Kier alpha value is -2.74. The van der Waals surface area contributed by atoms with E-state index in [9.17, 15) is 19.2 Å². The number of likely N-dealkylation sites (tertiary alicyclic amines) is 1. The average Bonchev–Trinajstić information content (AvgIpc) is 3.26. The second kappa shape index (κ2) is 13.2. The predicted octanol–water partition coefficient (Wildman–Crippen LogP) is 1.78. The Bertz CT molecular complexity index is 822. The molecule has 8 nitrogen and oxygen atoms in total. The molecular weight excluding hydrogens is 432 g/mol. The summed E-state index contributed by atoms with van der Waals surface area (Å²) >= 11 is 0. The fourth-order valence-electron chi connectivity index (χ4n) is 4.32. The van der Waals surface area contributed by atoms with Crippen LogP contribution >= 0.6 is 0 Å². The number of hydrogen-bond acceptors (Lipinski definition) is 5. The first-order valence-corrected chi connectivity index (χ1v) is 12.2. The standard InChI is InChI=1S/C26H40N4O4/c1-26(2,3)24(28-22(32)18-27-4)25(34)30-15-8-12-21(30)19-29(23(33)13-9-17-31)16-14-20-10-6-5-7-11-20/h5-7,10-11,17,21,24,27H,8-9,12-16,18-19H2,1-4H3,(H,28,32). The van der Waals surface area contributed by atoms with Gasteiger partial charge in [-0.3, -0.25) is 14.4 Å². The molecule has 2 atom stereocenters. The first-order valence-electron chi connectivity index (χ1n) is 12.2. The molecule has 0 aliphatic carbocycles. The maximum atomic E-state index is 13.6. The summed E-state index contributed by atoms with van der Waals surface area (Å²) in [7, 11) is 1.69. The minimum absolute atomic E-state index is 0.0722. The number of carbonyl (C=O) groups excluding carboxylic acids is 4. The number of nitrogens with zero attached hydrogens (tertiary/aromatic N) is 2. The topological polar surface area (TPSA) is 98.8 Å². The molecule has 0 spiro atoms. The van der Waals surface area contributed by atoms with Crippen molar-refractivity contribution < 1.29 is 19.2 Å². The van der Waals surface area contributed by atoms with Crippen LogP contribution in [0.3, 0.4) is 0 Å². The molecule has 8 heteroatoms. The third-order valence-electron chi connectivity index (χ3n) is 6.19. The maximum Gasteiger partial charge on any atom is 0.246 e. The maximum absolute atomic E-state index is 13.6. The van der Waals surface area contributed by atoms with Gasteiger partial charge in [0.15, 0.2) is 0 Å². The molecule has 0 radical (unpaired) electrons. The molecule has 1 heterocycles. The summed E-state index contributed by atoms with van der Waals surface area (Å²) in [5, 5.41) is 5.71. The van der Waals surface area contributed by atoms with Crippen molar-refractivity contribution in [2.24, 2.45) is 5.41 Å². The third kappa shape index (κ3) is 8.24. The van der Waals surface area contributed by atoms with Crippen molar-refractivity contribution >= 4 is 24.0 Å². The van der Waals surface area contributed by atoms with Crippen LogP contribution in [0, 0.1) is 5.41 Å². The molecule has 1 saturated heterocycles. The van der Waals surface area contributed by atoms with E-state index in [0.29, 0.717) is 26.1 Å². The minimum Gasteiger partial charge on any atom is -0.343 e. The molecule has 1 aromatic rings. The second-order valence-electron chi connectivity index (χ2n) is 10.0. The Morgan fingerprint density at radius 3 is 2.53 bits per heavy atom. The number of benzene rings is 1. The predicted molar refractivity (Wildman–Crippen MR) is 132 cm³/mol. The van der Waals surface area contributed by atoms with E-state index in [1.54, 1.807) is 11.9 Å². The van der Waals surface area contributed by atoms with Crippen LogP contribution in [0.25, 0.3) is 0 Å². The van der Waals surface area contributed by atoms with Crippen LogP contribution < -0.4 is 10.6 Å².